The Balaban J connectivity index is 0.00000324. The number of carbonyl (C=O) groups is 1. The van der Waals surface area contributed by atoms with Gasteiger partial charge in [-0.15, -0.1) is 12.4 Å². The molecule has 0 spiro atoms. The summed E-state index contributed by atoms with van der Waals surface area (Å²) in [4.78, 5) is 11.1. The number of sulfonamides is 1. The summed E-state index contributed by atoms with van der Waals surface area (Å²) in [6, 6.07) is 2.76. The first-order valence-electron chi connectivity index (χ1n) is 5.00. The predicted molar refractivity (Wildman–Crippen MR) is 69.2 cm³/mol. The molecule has 0 atom stereocenters. The van der Waals surface area contributed by atoms with Crippen molar-refractivity contribution < 1.29 is 22.3 Å². The zero-order chi connectivity index (χ0) is 13.8. The van der Waals surface area contributed by atoms with Crippen LogP contribution in [0.15, 0.2) is 23.1 Å². The lowest BCUT2D eigenvalue weighted by Crippen LogP contribution is -2.30. The standard InChI is InChI=1S/C10H13FN2O4S.ClH/c1-17-10(14)8-6-7(11)2-3-9(8)18(15,16)13-5-4-12;/h2-3,6,13H,4-5,12H2,1H3;1H. The van der Waals surface area contributed by atoms with Crippen molar-refractivity contribution >= 4 is 28.4 Å². The normalized spacial score (nSPS) is 10.7. The first-order chi connectivity index (χ1) is 8.42. The van der Waals surface area contributed by atoms with E-state index in [1.807, 2.05) is 0 Å². The molecule has 0 fully saturated rings. The zero-order valence-corrected chi connectivity index (χ0v) is 11.7. The molecule has 6 nitrogen and oxygen atoms in total. The van der Waals surface area contributed by atoms with E-state index < -0.39 is 21.8 Å². The van der Waals surface area contributed by atoms with Gasteiger partial charge in [-0.2, -0.15) is 0 Å². The topological polar surface area (TPSA) is 98.5 Å². The van der Waals surface area contributed by atoms with Crippen LogP contribution in [0.2, 0.25) is 0 Å². The maximum absolute atomic E-state index is 13.0. The number of hydrogen-bond donors (Lipinski definition) is 2. The zero-order valence-electron chi connectivity index (χ0n) is 10.1. The van der Waals surface area contributed by atoms with E-state index in [1.54, 1.807) is 0 Å². The van der Waals surface area contributed by atoms with E-state index in [4.69, 9.17) is 5.73 Å². The summed E-state index contributed by atoms with van der Waals surface area (Å²) in [6.45, 7) is 0.119. The summed E-state index contributed by atoms with van der Waals surface area (Å²) in [5, 5.41) is 0. The number of ether oxygens (including phenoxy) is 1. The lowest BCUT2D eigenvalue weighted by atomic mass is 10.2. The molecule has 108 valence electrons. The van der Waals surface area contributed by atoms with Gasteiger partial charge in [0, 0.05) is 13.1 Å². The van der Waals surface area contributed by atoms with E-state index in [-0.39, 0.29) is 36.0 Å². The molecule has 1 aromatic rings. The van der Waals surface area contributed by atoms with Gasteiger partial charge in [-0.05, 0) is 18.2 Å². The van der Waals surface area contributed by atoms with Crippen molar-refractivity contribution in [3.63, 3.8) is 0 Å². The molecule has 3 N–H and O–H groups in total. The largest absolute Gasteiger partial charge is 0.465 e. The molecule has 0 aliphatic carbocycles. The fourth-order valence-corrected chi connectivity index (χ4v) is 2.50. The quantitative estimate of drug-likeness (QED) is 0.761. The van der Waals surface area contributed by atoms with Crippen molar-refractivity contribution in [1.29, 1.82) is 0 Å². The van der Waals surface area contributed by atoms with E-state index in [2.05, 4.69) is 9.46 Å². The van der Waals surface area contributed by atoms with Crippen LogP contribution in [0.1, 0.15) is 10.4 Å². The molecular weight excluding hydrogens is 299 g/mol. The van der Waals surface area contributed by atoms with E-state index in [1.165, 1.54) is 0 Å². The Morgan fingerprint density at radius 2 is 2.11 bits per heavy atom. The summed E-state index contributed by atoms with van der Waals surface area (Å²) >= 11 is 0. The van der Waals surface area contributed by atoms with Gasteiger partial charge in [-0.1, -0.05) is 0 Å². The molecule has 19 heavy (non-hydrogen) atoms. The van der Waals surface area contributed by atoms with Gasteiger partial charge in [0.1, 0.15) is 5.82 Å². The van der Waals surface area contributed by atoms with Gasteiger partial charge >= 0.3 is 5.97 Å². The monoisotopic (exact) mass is 312 g/mol. The van der Waals surface area contributed by atoms with Gasteiger partial charge in [0.05, 0.1) is 17.6 Å². The molecule has 0 aliphatic heterocycles. The van der Waals surface area contributed by atoms with Crippen molar-refractivity contribution in [2.45, 2.75) is 4.90 Å². The molecule has 0 aliphatic rings. The van der Waals surface area contributed by atoms with E-state index >= 15 is 0 Å². The molecule has 0 saturated heterocycles. The second-order valence-electron chi connectivity index (χ2n) is 3.32. The van der Waals surface area contributed by atoms with Crippen LogP contribution in [-0.4, -0.2) is 34.6 Å². The highest BCUT2D eigenvalue weighted by Gasteiger charge is 2.23. The average molecular weight is 313 g/mol. The SMILES string of the molecule is COC(=O)c1cc(F)ccc1S(=O)(=O)NCCN.Cl. The third kappa shape index (κ3) is 4.43. The van der Waals surface area contributed by atoms with Gasteiger partial charge in [0.25, 0.3) is 0 Å². The van der Waals surface area contributed by atoms with Crippen molar-refractivity contribution in [2.24, 2.45) is 5.73 Å². The lowest BCUT2D eigenvalue weighted by Gasteiger charge is -2.09. The van der Waals surface area contributed by atoms with Gasteiger partial charge in [0.2, 0.25) is 10.0 Å². The summed E-state index contributed by atoms with van der Waals surface area (Å²) in [7, 11) is -2.84. The number of hydrogen-bond acceptors (Lipinski definition) is 5. The highest BCUT2D eigenvalue weighted by molar-refractivity contribution is 7.89. The molecule has 0 aromatic heterocycles. The van der Waals surface area contributed by atoms with Crippen LogP contribution in [0, 0.1) is 5.82 Å². The summed E-state index contributed by atoms with van der Waals surface area (Å²) < 4.78 is 43.3. The minimum atomic E-state index is -3.92. The van der Waals surface area contributed by atoms with Crippen LogP contribution < -0.4 is 10.5 Å². The first kappa shape index (κ1) is 17.8. The number of rotatable bonds is 5. The summed E-state index contributed by atoms with van der Waals surface area (Å²) in [5.41, 5.74) is 4.82. The number of nitrogens with one attached hydrogen (secondary N) is 1. The molecule has 0 radical (unpaired) electrons. The van der Waals surface area contributed by atoms with Crippen molar-refractivity contribution in [2.75, 3.05) is 20.2 Å². The average Bonchev–Trinajstić information content (AvgIpc) is 2.35. The fraction of sp³-hybridized carbons (Fsp3) is 0.300. The number of methoxy groups -OCH3 is 1. The Morgan fingerprint density at radius 3 is 2.63 bits per heavy atom. The number of carbonyl (C=O) groups excluding carboxylic acids is 1. The molecule has 1 aromatic carbocycles. The maximum atomic E-state index is 13.0. The number of benzene rings is 1. The van der Waals surface area contributed by atoms with E-state index in [0.29, 0.717) is 0 Å². The fourth-order valence-electron chi connectivity index (χ4n) is 1.28. The minimum absolute atomic E-state index is 0. The Labute approximate surface area is 116 Å². The predicted octanol–water partition coefficient (Wildman–Crippen LogP) is 0.271. The van der Waals surface area contributed by atoms with Crippen LogP contribution in [-0.2, 0) is 14.8 Å². The maximum Gasteiger partial charge on any atom is 0.339 e. The molecular formula is C10H14ClFN2O4S. The Morgan fingerprint density at radius 1 is 1.47 bits per heavy atom. The van der Waals surface area contributed by atoms with Crippen LogP contribution in [0.5, 0.6) is 0 Å². The number of esters is 1. The Kier molecular flexibility index (Phi) is 6.91. The highest BCUT2D eigenvalue weighted by Crippen LogP contribution is 2.17. The third-order valence-electron chi connectivity index (χ3n) is 2.07. The van der Waals surface area contributed by atoms with Crippen molar-refractivity contribution in [1.82, 2.24) is 4.72 Å². The summed E-state index contributed by atoms with van der Waals surface area (Å²) in [6.07, 6.45) is 0. The van der Waals surface area contributed by atoms with Gasteiger partial charge in [-0.3, -0.25) is 0 Å². The van der Waals surface area contributed by atoms with Gasteiger partial charge < -0.3 is 10.5 Å². The number of nitrogens with two attached hydrogens (primary N) is 1. The van der Waals surface area contributed by atoms with E-state index in [0.717, 1.165) is 25.3 Å². The third-order valence-corrected chi connectivity index (χ3v) is 3.59. The second kappa shape index (κ2) is 7.39. The highest BCUT2D eigenvalue weighted by atomic mass is 35.5. The minimum Gasteiger partial charge on any atom is -0.465 e. The van der Waals surface area contributed by atoms with Gasteiger partial charge in [0.15, 0.2) is 0 Å². The Hall–Kier alpha value is -1.22. The van der Waals surface area contributed by atoms with Crippen LogP contribution in [0.3, 0.4) is 0 Å². The molecule has 0 heterocycles. The van der Waals surface area contributed by atoms with Crippen LogP contribution >= 0.6 is 12.4 Å². The molecule has 0 bridgehead atoms. The molecule has 0 saturated carbocycles. The lowest BCUT2D eigenvalue weighted by molar-refractivity contribution is 0.0595. The summed E-state index contributed by atoms with van der Waals surface area (Å²) in [5.74, 6) is -1.66. The molecule has 1 rings (SSSR count). The van der Waals surface area contributed by atoms with E-state index in [9.17, 15) is 17.6 Å². The second-order valence-corrected chi connectivity index (χ2v) is 5.05. The van der Waals surface area contributed by atoms with Crippen molar-refractivity contribution in [3.05, 3.63) is 29.6 Å². The van der Waals surface area contributed by atoms with Crippen molar-refractivity contribution in [3.8, 4) is 0 Å². The smallest absolute Gasteiger partial charge is 0.339 e. The number of halogens is 2. The van der Waals surface area contributed by atoms with Crippen LogP contribution in [0.25, 0.3) is 0 Å². The Bertz CT molecular complexity index is 550. The van der Waals surface area contributed by atoms with Crippen LogP contribution in [0.4, 0.5) is 4.39 Å². The first-order valence-corrected chi connectivity index (χ1v) is 6.48. The molecule has 0 unspecified atom stereocenters. The molecule has 0 amide bonds. The molecule has 9 heteroatoms. The van der Waals surface area contributed by atoms with Gasteiger partial charge in [-0.25, -0.2) is 22.3 Å².